The minimum Gasteiger partial charge on any atom is -0.483 e. The van der Waals surface area contributed by atoms with Crippen LogP contribution in [0.4, 0.5) is 0 Å². The highest BCUT2D eigenvalue weighted by molar-refractivity contribution is 6.05. The molecule has 172 valence electrons. The molecule has 0 N–H and O–H groups in total. The van der Waals surface area contributed by atoms with E-state index in [9.17, 15) is 9.59 Å². The average molecular weight is 454 g/mol. The second-order valence-electron chi connectivity index (χ2n) is 8.56. The van der Waals surface area contributed by atoms with Gasteiger partial charge in [0.25, 0.3) is 11.8 Å². The van der Waals surface area contributed by atoms with Crippen molar-refractivity contribution in [2.24, 2.45) is 5.10 Å². The lowest BCUT2D eigenvalue weighted by Crippen LogP contribution is -2.32. The third-order valence-electron chi connectivity index (χ3n) is 6.33. The quantitative estimate of drug-likeness (QED) is 0.545. The van der Waals surface area contributed by atoms with Crippen LogP contribution in [-0.4, -0.2) is 47.1 Å². The summed E-state index contributed by atoms with van der Waals surface area (Å²) in [5.74, 6) is 0.437. The van der Waals surface area contributed by atoms with Gasteiger partial charge in [0.15, 0.2) is 6.61 Å². The number of ether oxygens (including phenoxy) is 1. The Morgan fingerprint density at radius 1 is 0.853 bits per heavy atom. The molecular weight excluding hydrogens is 426 g/mol. The fraction of sp³-hybridized carbons (Fsp3) is 0.250. The van der Waals surface area contributed by atoms with Crippen molar-refractivity contribution in [3.8, 4) is 5.75 Å². The fourth-order valence-electron chi connectivity index (χ4n) is 4.54. The molecule has 1 fully saturated rings. The topological polar surface area (TPSA) is 62.2 Å². The average Bonchev–Trinajstić information content (AvgIpc) is 3.59. The van der Waals surface area contributed by atoms with E-state index in [0.717, 1.165) is 42.8 Å². The van der Waals surface area contributed by atoms with Crippen molar-refractivity contribution < 1.29 is 14.3 Å². The lowest BCUT2D eigenvalue weighted by atomic mass is 9.97. The summed E-state index contributed by atoms with van der Waals surface area (Å²) >= 11 is 0. The Bertz CT molecular complexity index is 1190. The lowest BCUT2D eigenvalue weighted by molar-refractivity contribution is -0.132. The highest BCUT2D eigenvalue weighted by atomic mass is 16.5. The third kappa shape index (κ3) is 4.57. The summed E-state index contributed by atoms with van der Waals surface area (Å²) in [5, 5.41) is 6.32. The molecule has 1 atom stereocenters. The van der Waals surface area contributed by atoms with E-state index in [4.69, 9.17) is 9.84 Å². The summed E-state index contributed by atoms with van der Waals surface area (Å²) in [4.78, 5) is 27.9. The number of carbonyl (C=O) groups excluding carboxylic acids is 2. The van der Waals surface area contributed by atoms with Crippen molar-refractivity contribution in [1.29, 1.82) is 0 Å². The Morgan fingerprint density at radius 3 is 2.24 bits per heavy atom. The number of rotatable bonds is 6. The number of likely N-dealkylation sites (tertiary alicyclic amines) is 1. The number of benzene rings is 3. The fourth-order valence-corrected chi connectivity index (χ4v) is 4.54. The number of carbonyl (C=O) groups is 2. The zero-order valence-corrected chi connectivity index (χ0v) is 19.0. The predicted octanol–water partition coefficient (Wildman–Crippen LogP) is 4.68. The first kappa shape index (κ1) is 21.9. The van der Waals surface area contributed by atoms with Crippen molar-refractivity contribution in [3.63, 3.8) is 0 Å². The number of hydrogen-bond donors (Lipinski definition) is 0. The highest BCUT2D eigenvalue weighted by Crippen LogP contribution is 2.38. The van der Waals surface area contributed by atoms with Gasteiger partial charge in [0.1, 0.15) is 5.75 Å². The Kier molecular flexibility index (Phi) is 6.38. The maximum atomic E-state index is 13.5. The van der Waals surface area contributed by atoms with E-state index in [1.807, 2.05) is 77.7 Å². The minimum absolute atomic E-state index is 0.00262. The van der Waals surface area contributed by atoms with Gasteiger partial charge >= 0.3 is 0 Å². The molecule has 0 radical (unpaired) electrons. The van der Waals surface area contributed by atoms with Crippen LogP contribution in [0.15, 0.2) is 90.0 Å². The van der Waals surface area contributed by atoms with E-state index in [-0.39, 0.29) is 24.5 Å². The monoisotopic (exact) mass is 453 g/mol. The van der Waals surface area contributed by atoms with Crippen LogP contribution in [0, 0.1) is 0 Å². The third-order valence-corrected chi connectivity index (χ3v) is 6.33. The first-order valence-corrected chi connectivity index (χ1v) is 11.7. The standard InChI is InChI=1S/C28H27N3O3/c32-27(30-17-9-10-18-30)20-34-26-16-8-7-15-23(26)25-19-24(21-11-3-1-4-12-21)29-31(25)28(33)22-13-5-2-6-14-22/h1-8,11-16,25H,9-10,17-20H2/t25-/m1/s1. The predicted molar refractivity (Wildman–Crippen MR) is 131 cm³/mol. The molecule has 1 saturated heterocycles. The number of hydrogen-bond acceptors (Lipinski definition) is 4. The van der Waals surface area contributed by atoms with E-state index < -0.39 is 0 Å². The molecule has 3 aromatic rings. The summed E-state index contributed by atoms with van der Waals surface area (Å²) in [5.41, 5.74) is 3.25. The van der Waals surface area contributed by atoms with Crippen LogP contribution >= 0.6 is 0 Å². The van der Waals surface area contributed by atoms with Gasteiger partial charge in [0.05, 0.1) is 11.8 Å². The van der Waals surface area contributed by atoms with E-state index in [2.05, 4.69) is 0 Å². The molecule has 0 aromatic heterocycles. The zero-order chi connectivity index (χ0) is 23.3. The summed E-state index contributed by atoms with van der Waals surface area (Å²) in [6, 6.07) is 26.4. The number of para-hydroxylation sites is 1. The Labute approximate surface area is 199 Å². The first-order valence-electron chi connectivity index (χ1n) is 11.7. The SMILES string of the molecule is O=C(COc1ccccc1[C@H]1CC(c2ccccc2)=NN1C(=O)c1ccccc1)N1CCCC1. The van der Waals surface area contributed by atoms with Crippen molar-refractivity contribution in [3.05, 3.63) is 102 Å². The molecule has 0 saturated carbocycles. The molecule has 0 spiro atoms. The molecule has 2 heterocycles. The summed E-state index contributed by atoms with van der Waals surface area (Å²) in [6.45, 7) is 1.57. The van der Waals surface area contributed by atoms with Gasteiger partial charge in [-0.2, -0.15) is 5.10 Å². The van der Waals surface area contributed by atoms with Gasteiger partial charge in [0.2, 0.25) is 0 Å². The molecule has 6 nitrogen and oxygen atoms in total. The van der Waals surface area contributed by atoms with E-state index in [1.165, 1.54) is 0 Å². The largest absolute Gasteiger partial charge is 0.483 e. The van der Waals surface area contributed by atoms with Crippen LogP contribution in [0.25, 0.3) is 0 Å². The van der Waals surface area contributed by atoms with Crippen LogP contribution in [0.2, 0.25) is 0 Å². The molecule has 0 unspecified atom stereocenters. The molecular formula is C28H27N3O3. The minimum atomic E-state index is -0.332. The van der Waals surface area contributed by atoms with Crippen molar-refractivity contribution in [2.75, 3.05) is 19.7 Å². The van der Waals surface area contributed by atoms with E-state index in [1.54, 1.807) is 17.1 Å². The second kappa shape index (κ2) is 9.91. The van der Waals surface area contributed by atoms with Gasteiger partial charge in [0, 0.05) is 30.6 Å². The summed E-state index contributed by atoms with van der Waals surface area (Å²) < 4.78 is 6.02. The van der Waals surface area contributed by atoms with Crippen LogP contribution in [0.1, 0.15) is 46.8 Å². The van der Waals surface area contributed by atoms with Crippen LogP contribution in [-0.2, 0) is 4.79 Å². The number of amides is 2. The van der Waals surface area contributed by atoms with Crippen molar-refractivity contribution in [1.82, 2.24) is 9.91 Å². The molecule has 6 heteroatoms. The lowest BCUT2D eigenvalue weighted by Gasteiger charge is -2.24. The Hall–Kier alpha value is -3.93. The number of hydrazone groups is 1. The van der Waals surface area contributed by atoms with Crippen LogP contribution < -0.4 is 4.74 Å². The van der Waals surface area contributed by atoms with Crippen LogP contribution in [0.5, 0.6) is 5.75 Å². The summed E-state index contributed by atoms with van der Waals surface area (Å²) in [6.07, 6.45) is 2.64. The normalized spacial score (nSPS) is 17.5. The van der Waals surface area contributed by atoms with E-state index >= 15 is 0 Å². The van der Waals surface area contributed by atoms with Gasteiger partial charge in [-0.25, -0.2) is 5.01 Å². The van der Waals surface area contributed by atoms with Gasteiger partial charge in [-0.1, -0.05) is 66.7 Å². The molecule has 2 aliphatic heterocycles. The van der Waals surface area contributed by atoms with Crippen molar-refractivity contribution >= 4 is 17.5 Å². The van der Waals surface area contributed by atoms with Crippen molar-refractivity contribution in [2.45, 2.75) is 25.3 Å². The molecule has 34 heavy (non-hydrogen) atoms. The van der Waals surface area contributed by atoms with Gasteiger partial charge < -0.3 is 9.64 Å². The Balaban J connectivity index is 1.44. The van der Waals surface area contributed by atoms with Crippen LogP contribution in [0.3, 0.4) is 0 Å². The first-order chi connectivity index (χ1) is 16.7. The zero-order valence-electron chi connectivity index (χ0n) is 19.0. The maximum absolute atomic E-state index is 13.5. The molecule has 3 aromatic carbocycles. The molecule has 0 aliphatic carbocycles. The maximum Gasteiger partial charge on any atom is 0.274 e. The molecule has 0 bridgehead atoms. The van der Waals surface area contributed by atoms with Gasteiger partial charge in [-0.15, -0.1) is 0 Å². The Morgan fingerprint density at radius 2 is 1.50 bits per heavy atom. The van der Waals surface area contributed by atoms with E-state index in [0.29, 0.717) is 17.7 Å². The molecule has 2 amide bonds. The highest BCUT2D eigenvalue weighted by Gasteiger charge is 2.35. The molecule has 2 aliphatic rings. The smallest absolute Gasteiger partial charge is 0.274 e. The second-order valence-corrected chi connectivity index (χ2v) is 8.56. The number of nitrogens with zero attached hydrogens (tertiary/aromatic N) is 3. The van der Waals surface area contributed by atoms with Gasteiger partial charge in [-0.05, 0) is 36.6 Å². The summed E-state index contributed by atoms with van der Waals surface area (Å²) in [7, 11) is 0. The molecule has 5 rings (SSSR count). The van der Waals surface area contributed by atoms with Gasteiger partial charge in [-0.3, -0.25) is 9.59 Å².